The summed E-state index contributed by atoms with van der Waals surface area (Å²) in [5.74, 6) is 1.92. The third-order valence-corrected chi connectivity index (χ3v) is 7.56. The number of benzene rings is 2. The lowest BCUT2D eigenvalue weighted by Gasteiger charge is -2.12. The molecule has 7 nitrogen and oxygen atoms in total. The largest absolute Gasteiger partial charge is 0.438 e. The van der Waals surface area contributed by atoms with E-state index in [4.69, 9.17) is 4.74 Å². The van der Waals surface area contributed by atoms with Crippen LogP contribution in [0.15, 0.2) is 103 Å². The summed E-state index contributed by atoms with van der Waals surface area (Å²) in [6.45, 7) is 2.09. The summed E-state index contributed by atoms with van der Waals surface area (Å²) in [7, 11) is 0. The zero-order valence-corrected chi connectivity index (χ0v) is 21.7. The van der Waals surface area contributed by atoms with Crippen LogP contribution in [0.4, 0.5) is 11.5 Å². The predicted molar refractivity (Wildman–Crippen MR) is 157 cm³/mol. The minimum Gasteiger partial charge on any atom is -0.438 e. The summed E-state index contributed by atoms with van der Waals surface area (Å²) in [5, 5.41) is 17.8. The van der Waals surface area contributed by atoms with Crippen LogP contribution in [-0.4, -0.2) is 25.1 Å². The van der Waals surface area contributed by atoms with Gasteiger partial charge >= 0.3 is 0 Å². The van der Waals surface area contributed by atoms with E-state index in [1.54, 1.807) is 23.7 Å². The molecular weight excluding hydrogens is 504 g/mol. The number of rotatable bonds is 6. The van der Waals surface area contributed by atoms with Gasteiger partial charge in [-0.25, -0.2) is 9.97 Å². The fraction of sp³-hybridized carbons (Fsp3) is 0.0323. The minimum absolute atomic E-state index is 0.531. The molecule has 39 heavy (non-hydrogen) atoms. The van der Waals surface area contributed by atoms with Crippen molar-refractivity contribution in [1.82, 2.24) is 25.1 Å². The van der Waals surface area contributed by atoms with Gasteiger partial charge in [0.1, 0.15) is 17.1 Å². The van der Waals surface area contributed by atoms with Gasteiger partial charge in [0.15, 0.2) is 5.82 Å². The van der Waals surface area contributed by atoms with Crippen LogP contribution >= 0.6 is 11.3 Å². The Bertz CT molecular complexity index is 1940. The Kier molecular flexibility index (Phi) is 5.71. The van der Waals surface area contributed by atoms with Gasteiger partial charge in [0.2, 0.25) is 5.88 Å². The number of aromatic nitrogens is 5. The van der Waals surface area contributed by atoms with Crippen molar-refractivity contribution in [2.45, 2.75) is 6.92 Å². The van der Waals surface area contributed by atoms with Gasteiger partial charge in [-0.15, -0.1) is 21.5 Å². The van der Waals surface area contributed by atoms with Crippen LogP contribution in [0.5, 0.6) is 11.6 Å². The Hall–Kier alpha value is -5.08. The number of aryl methyl sites for hydroxylation is 1. The fourth-order valence-corrected chi connectivity index (χ4v) is 5.56. The molecule has 0 bridgehead atoms. The fourth-order valence-electron chi connectivity index (χ4n) is 4.66. The number of nitrogens with zero attached hydrogens (tertiary/aromatic N) is 4. The highest BCUT2D eigenvalue weighted by Gasteiger charge is 2.14. The van der Waals surface area contributed by atoms with Crippen molar-refractivity contribution < 1.29 is 4.74 Å². The first kappa shape index (κ1) is 23.1. The van der Waals surface area contributed by atoms with E-state index in [2.05, 4.69) is 61.0 Å². The van der Waals surface area contributed by atoms with Crippen molar-refractivity contribution in [3.8, 4) is 33.3 Å². The molecule has 0 amide bonds. The van der Waals surface area contributed by atoms with Gasteiger partial charge in [-0.2, -0.15) is 0 Å². The number of aromatic amines is 1. The van der Waals surface area contributed by atoms with E-state index in [0.717, 1.165) is 49.2 Å². The monoisotopic (exact) mass is 526 g/mol. The molecule has 0 unspecified atom stereocenters. The summed E-state index contributed by atoms with van der Waals surface area (Å²) < 4.78 is 6.24. The average molecular weight is 527 g/mol. The van der Waals surface area contributed by atoms with Crippen LogP contribution in [0, 0.1) is 6.92 Å². The summed E-state index contributed by atoms with van der Waals surface area (Å²) >= 11 is 1.68. The van der Waals surface area contributed by atoms with Crippen molar-refractivity contribution in [3.05, 3.63) is 108 Å². The van der Waals surface area contributed by atoms with Crippen molar-refractivity contribution in [1.29, 1.82) is 0 Å². The Labute approximate surface area is 228 Å². The molecule has 7 rings (SSSR count). The molecular formula is C31H22N6OS. The topological polar surface area (TPSA) is 88.6 Å². The average Bonchev–Trinajstić information content (AvgIpc) is 3.64. The van der Waals surface area contributed by atoms with Crippen LogP contribution in [0.2, 0.25) is 0 Å². The maximum Gasteiger partial charge on any atom is 0.227 e. The Morgan fingerprint density at radius 2 is 1.67 bits per heavy atom. The molecule has 0 radical (unpaired) electrons. The van der Waals surface area contributed by atoms with E-state index < -0.39 is 0 Å². The highest BCUT2D eigenvalue weighted by atomic mass is 32.1. The van der Waals surface area contributed by atoms with Crippen LogP contribution in [-0.2, 0) is 0 Å². The summed E-state index contributed by atoms with van der Waals surface area (Å²) in [6.07, 6.45) is 5.40. The normalized spacial score (nSPS) is 11.2. The second-order valence-corrected chi connectivity index (χ2v) is 10.0. The molecule has 0 aliphatic carbocycles. The molecule has 0 fully saturated rings. The zero-order valence-electron chi connectivity index (χ0n) is 20.9. The number of ether oxygens (including phenoxy) is 1. The number of anilines is 2. The molecule has 188 valence electrons. The van der Waals surface area contributed by atoms with Gasteiger partial charge in [-0.3, -0.25) is 0 Å². The second kappa shape index (κ2) is 9.66. The number of fused-ring (bicyclic) bond motifs is 2. The summed E-state index contributed by atoms with van der Waals surface area (Å²) in [4.78, 5) is 13.2. The number of pyridine rings is 2. The summed E-state index contributed by atoms with van der Waals surface area (Å²) in [5.41, 5.74) is 5.73. The van der Waals surface area contributed by atoms with Gasteiger partial charge in [0, 0.05) is 46.0 Å². The molecule has 5 heterocycles. The van der Waals surface area contributed by atoms with Crippen molar-refractivity contribution in [2.75, 3.05) is 5.32 Å². The molecule has 0 aliphatic rings. The zero-order chi connectivity index (χ0) is 26.2. The van der Waals surface area contributed by atoms with Gasteiger partial charge in [0.25, 0.3) is 0 Å². The van der Waals surface area contributed by atoms with Gasteiger partial charge in [-0.1, -0.05) is 24.3 Å². The van der Waals surface area contributed by atoms with Crippen LogP contribution < -0.4 is 10.1 Å². The SMILES string of the molecule is Cc1csc(-c2nnc(Nc3ccc(Oc4ncccc4-c4ccnc5[nH]ccc45)cc3)c3ccccc23)c1. The Balaban J connectivity index is 1.16. The van der Waals surface area contributed by atoms with Crippen LogP contribution in [0.25, 0.3) is 43.5 Å². The first-order valence-electron chi connectivity index (χ1n) is 12.5. The van der Waals surface area contributed by atoms with Crippen molar-refractivity contribution >= 4 is 44.6 Å². The van der Waals surface area contributed by atoms with Crippen molar-refractivity contribution in [2.24, 2.45) is 0 Å². The Morgan fingerprint density at radius 3 is 2.51 bits per heavy atom. The lowest BCUT2D eigenvalue weighted by Crippen LogP contribution is -1.99. The third kappa shape index (κ3) is 4.36. The van der Waals surface area contributed by atoms with E-state index in [0.29, 0.717) is 17.4 Å². The molecule has 0 saturated carbocycles. The minimum atomic E-state index is 0.531. The number of nitrogens with one attached hydrogen (secondary N) is 2. The maximum absolute atomic E-state index is 6.24. The smallest absolute Gasteiger partial charge is 0.227 e. The molecule has 2 aromatic carbocycles. The predicted octanol–water partition coefficient (Wildman–Crippen LogP) is 8.14. The number of hydrogen-bond donors (Lipinski definition) is 2. The van der Waals surface area contributed by atoms with Gasteiger partial charge in [-0.05, 0) is 78.0 Å². The number of H-pyrrole nitrogens is 1. The van der Waals surface area contributed by atoms with E-state index in [-0.39, 0.29) is 0 Å². The molecule has 8 heteroatoms. The maximum atomic E-state index is 6.24. The van der Waals surface area contributed by atoms with Gasteiger partial charge < -0.3 is 15.0 Å². The molecule has 2 N–H and O–H groups in total. The molecule has 0 saturated heterocycles. The molecule has 0 aliphatic heterocycles. The van der Waals surface area contributed by atoms with E-state index >= 15 is 0 Å². The molecule has 0 spiro atoms. The summed E-state index contributed by atoms with van der Waals surface area (Å²) in [6, 6.07) is 26.0. The lowest BCUT2D eigenvalue weighted by molar-refractivity contribution is 0.465. The molecule has 0 atom stereocenters. The van der Waals surface area contributed by atoms with E-state index in [1.165, 1.54) is 5.56 Å². The van der Waals surface area contributed by atoms with Gasteiger partial charge in [0.05, 0.1) is 4.88 Å². The molecule has 5 aromatic heterocycles. The van der Waals surface area contributed by atoms with Crippen molar-refractivity contribution in [3.63, 3.8) is 0 Å². The number of hydrogen-bond acceptors (Lipinski definition) is 7. The highest BCUT2D eigenvalue weighted by molar-refractivity contribution is 7.13. The van der Waals surface area contributed by atoms with Crippen LogP contribution in [0.3, 0.4) is 0 Å². The first-order chi connectivity index (χ1) is 19.2. The first-order valence-corrected chi connectivity index (χ1v) is 13.3. The molecule has 7 aromatic rings. The highest BCUT2D eigenvalue weighted by Crippen LogP contribution is 2.36. The second-order valence-electron chi connectivity index (χ2n) is 9.14. The lowest BCUT2D eigenvalue weighted by atomic mass is 10.1. The number of thiophene rings is 1. The standard InChI is InChI=1S/C31H22N6OS/c1-19-17-27(39-18-19)28-23-5-2-3-6-24(23)30(37-36-28)35-20-8-10-21(11-9-20)38-31-26(7-4-14-34-31)22-12-15-32-29-25(22)13-16-33-29/h2-18H,1H3,(H,32,33)(H,35,37). The van der Waals surface area contributed by atoms with E-state index in [1.807, 2.05) is 66.9 Å². The third-order valence-electron chi connectivity index (χ3n) is 6.50. The van der Waals surface area contributed by atoms with E-state index in [9.17, 15) is 0 Å². The Morgan fingerprint density at radius 1 is 0.795 bits per heavy atom. The quantitative estimate of drug-likeness (QED) is 0.227. The van der Waals surface area contributed by atoms with Crippen LogP contribution in [0.1, 0.15) is 5.56 Å².